The maximum atomic E-state index is 12.0. The summed E-state index contributed by atoms with van der Waals surface area (Å²) < 4.78 is 5.37. The fraction of sp³-hybridized carbons (Fsp3) is 0.308. The number of benzene rings is 1. The van der Waals surface area contributed by atoms with Gasteiger partial charge in [-0.2, -0.15) is 0 Å². The number of non-ortho nitro benzene ring substituents is 1. The molecule has 0 saturated heterocycles. The van der Waals surface area contributed by atoms with Gasteiger partial charge in [0, 0.05) is 23.6 Å². The molecule has 0 atom stereocenters. The Bertz CT molecular complexity index is 669. The summed E-state index contributed by atoms with van der Waals surface area (Å²) in [5.74, 6) is 0.494. The Balaban J connectivity index is 2.01. The molecule has 1 heterocycles. The zero-order chi connectivity index (χ0) is 15.4. The highest BCUT2D eigenvalue weighted by molar-refractivity contribution is 7.99. The van der Waals surface area contributed by atoms with E-state index >= 15 is 0 Å². The molecule has 0 bridgehead atoms. The van der Waals surface area contributed by atoms with Crippen LogP contribution in [0.1, 0.15) is 36.0 Å². The first kappa shape index (κ1) is 15.2. The SMILES string of the molecule is CC(C)c1nnc(SCC(=O)c2cccc([N+](=O)[O-])c2)o1. The van der Waals surface area contributed by atoms with Gasteiger partial charge in [0.2, 0.25) is 5.89 Å². The lowest BCUT2D eigenvalue weighted by molar-refractivity contribution is -0.384. The minimum absolute atomic E-state index is 0.0842. The van der Waals surface area contributed by atoms with Crippen molar-refractivity contribution in [2.24, 2.45) is 0 Å². The van der Waals surface area contributed by atoms with E-state index < -0.39 is 4.92 Å². The molecule has 0 aliphatic rings. The lowest BCUT2D eigenvalue weighted by atomic mass is 10.1. The summed E-state index contributed by atoms with van der Waals surface area (Å²) in [6.07, 6.45) is 0. The molecule has 0 N–H and O–H groups in total. The normalized spacial score (nSPS) is 10.8. The first-order valence-corrected chi connectivity index (χ1v) is 7.20. The van der Waals surface area contributed by atoms with E-state index in [0.717, 1.165) is 11.8 Å². The molecule has 1 aromatic heterocycles. The fourth-order valence-electron chi connectivity index (χ4n) is 1.52. The fourth-order valence-corrected chi connectivity index (χ4v) is 2.18. The Morgan fingerprint density at radius 3 is 2.81 bits per heavy atom. The summed E-state index contributed by atoms with van der Waals surface area (Å²) >= 11 is 1.12. The molecule has 2 rings (SSSR count). The molecule has 0 radical (unpaired) electrons. The Labute approximate surface area is 124 Å². The first-order valence-electron chi connectivity index (χ1n) is 6.21. The molecule has 0 aliphatic carbocycles. The molecule has 21 heavy (non-hydrogen) atoms. The first-order chi connectivity index (χ1) is 9.97. The van der Waals surface area contributed by atoms with Gasteiger partial charge in [-0.3, -0.25) is 14.9 Å². The van der Waals surface area contributed by atoms with Crippen LogP contribution >= 0.6 is 11.8 Å². The van der Waals surface area contributed by atoms with Gasteiger partial charge in [0.25, 0.3) is 10.9 Å². The van der Waals surface area contributed by atoms with E-state index in [2.05, 4.69) is 10.2 Å². The molecule has 8 heteroatoms. The summed E-state index contributed by atoms with van der Waals surface area (Å²) in [7, 11) is 0. The van der Waals surface area contributed by atoms with Gasteiger partial charge in [-0.15, -0.1) is 10.2 Å². The number of rotatable bonds is 6. The predicted octanol–water partition coefficient (Wildman–Crippen LogP) is 3.08. The zero-order valence-corrected chi connectivity index (χ0v) is 12.3. The van der Waals surface area contributed by atoms with E-state index in [-0.39, 0.29) is 23.1 Å². The van der Waals surface area contributed by atoms with Crippen LogP contribution in [0.25, 0.3) is 0 Å². The molecule has 110 valence electrons. The number of thioether (sulfide) groups is 1. The van der Waals surface area contributed by atoms with Crippen LogP contribution in [0.3, 0.4) is 0 Å². The highest BCUT2D eigenvalue weighted by Crippen LogP contribution is 2.22. The van der Waals surface area contributed by atoms with Crippen LogP contribution in [0.2, 0.25) is 0 Å². The molecule has 1 aromatic carbocycles. The van der Waals surface area contributed by atoms with Gasteiger partial charge in [0.05, 0.1) is 10.7 Å². The average Bonchev–Trinajstić information content (AvgIpc) is 2.94. The standard InChI is InChI=1S/C13H13N3O4S/c1-8(2)12-14-15-13(20-12)21-7-11(17)9-4-3-5-10(6-9)16(18)19/h3-6,8H,7H2,1-2H3. The van der Waals surface area contributed by atoms with Gasteiger partial charge >= 0.3 is 0 Å². The largest absolute Gasteiger partial charge is 0.416 e. The molecule has 0 aliphatic heterocycles. The molecule has 0 unspecified atom stereocenters. The van der Waals surface area contributed by atoms with Crippen molar-refractivity contribution in [1.82, 2.24) is 10.2 Å². The van der Waals surface area contributed by atoms with Crippen LogP contribution in [-0.4, -0.2) is 26.7 Å². The third-order valence-electron chi connectivity index (χ3n) is 2.62. The third-order valence-corrected chi connectivity index (χ3v) is 3.44. The Hall–Kier alpha value is -2.22. The van der Waals surface area contributed by atoms with Gasteiger partial charge in [-0.05, 0) is 0 Å². The molecule has 0 amide bonds. The van der Waals surface area contributed by atoms with E-state index in [1.807, 2.05) is 13.8 Å². The van der Waals surface area contributed by atoms with Crippen molar-refractivity contribution in [3.8, 4) is 0 Å². The van der Waals surface area contributed by atoms with Crippen molar-refractivity contribution in [2.75, 3.05) is 5.75 Å². The second-order valence-electron chi connectivity index (χ2n) is 4.58. The number of nitrogens with zero attached hydrogens (tertiary/aromatic N) is 3. The second kappa shape index (κ2) is 6.49. The molecule has 2 aromatic rings. The zero-order valence-electron chi connectivity index (χ0n) is 11.5. The number of hydrogen-bond donors (Lipinski definition) is 0. The maximum Gasteiger partial charge on any atom is 0.277 e. The quantitative estimate of drug-likeness (QED) is 0.350. The number of ketones is 1. The maximum absolute atomic E-state index is 12.0. The summed E-state index contributed by atoms with van der Waals surface area (Å²) in [6.45, 7) is 3.85. The molecule has 0 fully saturated rings. The van der Waals surface area contributed by atoms with Crippen LogP contribution < -0.4 is 0 Å². The van der Waals surface area contributed by atoms with Crippen molar-refractivity contribution in [3.63, 3.8) is 0 Å². The topological polar surface area (TPSA) is 99.1 Å². The van der Waals surface area contributed by atoms with E-state index in [1.54, 1.807) is 6.07 Å². The molecular formula is C13H13N3O4S. The van der Waals surface area contributed by atoms with Crippen LogP contribution in [0.15, 0.2) is 33.9 Å². The lowest BCUT2D eigenvalue weighted by Gasteiger charge is -1.99. The highest BCUT2D eigenvalue weighted by Gasteiger charge is 2.15. The number of nitro benzene ring substituents is 1. The van der Waals surface area contributed by atoms with Crippen LogP contribution in [0.4, 0.5) is 5.69 Å². The third kappa shape index (κ3) is 3.88. The van der Waals surface area contributed by atoms with Gasteiger partial charge in [-0.1, -0.05) is 37.7 Å². The van der Waals surface area contributed by atoms with Crippen molar-refractivity contribution in [2.45, 2.75) is 25.0 Å². The van der Waals surface area contributed by atoms with Crippen molar-refractivity contribution in [1.29, 1.82) is 0 Å². The lowest BCUT2D eigenvalue weighted by Crippen LogP contribution is -2.03. The van der Waals surface area contributed by atoms with Gasteiger partial charge < -0.3 is 4.42 Å². The molecule has 7 nitrogen and oxygen atoms in total. The second-order valence-corrected chi connectivity index (χ2v) is 5.51. The van der Waals surface area contributed by atoms with E-state index in [0.29, 0.717) is 16.7 Å². The smallest absolute Gasteiger partial charge is 0.277 e. The number of carbonyl (C=O) groups is 1. The van der Waals surface area contributed by atoms with E-state index in [9.17, 15) is 14.9 Å². The summed E-state index contributed by atoms with van der Waals surface area (Å²) in [6, 6.07) is 5.63. The van der Waals surface area contributed by atoms with Crippen molar-refractivity contribution < 1.29 is 14.1 Å². The minimum Gasteiger partial charge on any atom is -0.416 e. The van der Waals surface area contributed by atoms with Crippen molar-refractivity contribution in [3.05, 3.63) is 45.8 Å². The van der Waals surface area contributed by atoms with Gasteiger partial charge in [-0.25, -0.2) is 0 Å². The summed E-state index contributed by atoms with van der Waals surface area (Å²) in [5, 5.41) is 18.7. The number of nitro groups is 1. The monoisotopic (exact) mass is 307 g/mol. The Kier molecular flexibility index (Phi) is 4.69. The van der Waals surface area contributed by atoms with Gasteiger partial charge in [0.15, 0.2) is 5.78 Å². The predicted molar refractivity (Wildman–Crippen MR) is 76.5 cm³/mol. The van der Waals surface area contributed by atoms with Crippen LogP contribution in [0, 0.1) is 10.1 Å². The van der Waals surface area contributed by atoms with Crippen molar-refractivity contribution >= 4 is 23.2 Å². The van der Waals surface area contributed by atoms with Crippen LogP contribution in [-0.2, 0) is 0 Å². The number of hydrogen-bond acceptors (Lipinski definition) is 7. The summed E-state index contributed by atoms with van der Waals surface area (Å²) in [4.78, 5) is 22.1. The van der Waals surface area contributed by atoms with Gasteiger partial charge in [0.1, 0.15) is 0 Å². The average molecular weight is 307 g/mol. The van der Waals surface area contributed by atoms with E-state index in [1.165, 1.54) is 18.2 Å². The van der Waals surface area contributed by atoms with Crippen LogP contribution in [0.5, 0.6) is 0 Å². The minimum atomic E-state index is -0.531. The Morgan fingerprint density at radius 2 is 2.19 bits per heavy atom. The number of aromatic nitrogens is 2. The summed E-state index contributed by atoms with van der Waals surface area (Å²) in [5.41, 5.74) is 0.186. The molecule has 0 saturated carbocycles. The Morgan fingerprint density at radius 1 is 1.43 bits per heavy atom. The number of Topliss-reactive ketones (excluding diaryl/α,β-unsaturated/α-hetero) is 1. The van der Waals surface area contributed by atoms with E-state index in [4.69, 9.17) is 4.42 Å². The molecule has 0 spiro atoms. The highest BCUT2D eigenvalue weighted by atomic mass is 32.2. The number of carbonyl (C=O) groups excluding carboxylic acids is 1. The molecular weight excluding hydrogens is 294 g/mol.